The summed E-state index contributed by atoms with van der Waals surface area (Å²) in [6.07, 6.45) is 1.70. The number of nitro benzene ring substituents is 1. The average molecular weight is 345 g/mol. The van der Waals surface area contributed by atoms with Gasteiger partial charge >= 0.3 is 0 Å². The molecule has 0 bridgehead atoms. The van der Waals surface area contributed by atoms with Crippen molar-refractivity contribution in [2.45, 2.75) is 13.8 Å². The minimum absolute atomic E-state index is 0.0634. The summed E-state index contributed by atoms with van der Waals surface area (Å²) < 4.78 is 7.28. The third-order valence-electron chi connectivity index (χ3n) is 3.40. The molecular weight excluding hydrogens is 332 g/mol. The highest BCUT2D eigenvalue weighted by Crippen LogP contribution is 2.30. The number of rotatable bonds is 4. The minimum atomic E-state index is -0.411. The number of hydrogen-bond acceptors (Lipinski definition) is 5. The van der Waals surface area contributed by atoms with Gasteiger partial charge in [-0.1, -0.05) is 17.7 Å². The lowest BCUT2D eigenvalue weighted by molar-refractivity contribution is -0.385. The van der Waals surface area contributed by atoms with Crippen molar-refractivity contribution in [3.8, 4) is 17.4 Å². The number of hydrogen-bond donors (Lipinski definition) is 0. The van der Waals surface area contributed by atoms with Crippen LogP contribution in [0.15, 0.2) is 42.6 Å². The van der Waals surface area contributed by atoms with Crippen LogP contribution < -0.4 is 4.74 Å². The quantitative estimate of drug-likeness (QED) is 0.401. The smallest absolute Gasteiger partial charge is 0.272 e. The molecule has 0 amide bonds. The van der Waals surface area contributed by atoms with Gasteiger partial charge < -0.3 is 4.74 Å². The molecule has 0 aliphatic carbocycles. The summed E-state index contributed by atoms with van der Waals surface area (Å²) >= 11 is 5.87. The van der Waals surface area contributed by atoms with E-state index in [1.165, 1.54) is 10.7 Å². The van der Waals surface area contributed by atoms with Crippen LogP contribution in [0.5, 0.6) is 11.6 Å². The molecule has 0 unspecified atom stereocenters. The Labute approximate surface area is 142 Å². The monoisotopic (exact) mass is 344 g/mol. The second kappa shape index (κ2) is 6.29. The summed E-state index contributed by atoms with van der Waals surface area (Å²) in [7, 11) is 0. The first-order valence-corrected chi connectivity index (χ1v) is 7.44. The highest BCUT2D eigenvalue weighted by Gasteiger charge is 2.15. The summed E-state index contributed by atoms with van der Waals surface area (Å²) in [5.74, 6) is 1.43. The van der Waals surface area contributed by atoms with Gasteiger partial charge in [0.2, 0.25) is 5.88 Å². The topological polar surface area (TPSA) is 83.1 Å². The van der Waals surface area contributed by atoms with Gasteiger partial charge in [-0.15, -0.1) is 5.10 Å². The first kappa shape index (κ1) is 15.9. The number of pyridine rings is 1. The molecule has 0 spiro atoms. The molecule has 8 heteroatoms. The molecule has 3 rings (SSSR count). The molecule has 24 heavy (non-hydrogen) atoms. The average Bonchev–Trinajstić information content (AvgIpc) is 2.99. The van der Waals surface area contributed by atoms with Crippen molar-refractivity contribution in [2.24, 2.45) is 0 Å². The number of nitro groups is 1. The van der Waals surface area contributed by atoms with Crippen LogP contribution in [0, 0.1) is 24.0 Å². The van der Waals surface area contributed by atoms with Crippen molar-refractivity contribution in [2.75, 3.05) is 0 Å². The largest absolute Gasteiger partial charge is 0.437 e. The molecule has 0 aliphatic rings. The molecular formula is C16H13ClN4O3. The molecule has 1 aromatic carbocycles. The number of aryl methyl sites for hydroxylation is 2. The van der Waals surface area contributed by atoms with Crippen molar-refractivity contribution in [1.29, 1.82) is 0 Å². The first-order valence-electron chi connectivity index (χ1n) is 7.06. The van der Waals surface area contributed by atoms with Gasteiger partial charge in [0, 0.05) is 23.9 Å². The Morgan fingerprint density at radius 1 is 1.21 bits per heavy atom. The Bertz CT molecular complexity index is 923. The molecule has 0 saturated carbocycles. The minimum Gasteiger partial charge on any atom is -0.437 e. The Morgan fingerprint density at radius 2 is 2.00 bits per heavy atom. The fourth-order valence-corrected chi connectivity index (χ4v) is 2.37. The second-order valence-corrected chi connectivity index (χ2v) is 5.57. The van der Waals surface area contributed by atoms with Crippen LogP contribution in [0.2, 0.25) is 5.15 Å². The molecule has 0 radical (unpaired) electrons. The van der Waals surface area contributed by atoms with Gasteiger partial charge in [0.05, 0.1) is 4.92 Å². The lowest BCUT2D eigenvalue weighted by Crippen LogP contribution is -1.99. The van der Waals surface area contributed by atoms with Gasteiger partial charge in [0.25, 0.3) is 5.69 Å². The highest BCUT2D eigenvalue weighted by molar-refractivity contribution is 6.29. The molecule has 0 fully saturated rings. The van der Waals surface area contributed by atoms with Crippen LogP contribution in [0.25, 0.3) is 5.82 Å². The predicted molar refractivity (Wildman–Crippen MR) is 89.0 cm³/mol. The van der Waals surface area contributed by atoms with Gasteiger partial charge in [0.15, 0.2) is 5.82 Å². The van der Waals surface area contributed by atoms with Crippen molar-refractivity contribution in [3.05, 3.63) is 69.0 Å². The molecule has 0 atom stereocenters. The maximum absolute atomic E-state index is 11.0. The molecule has 2 heterocycles. The number of benzene rings is 1. The zero-order valence-electron chi connectivity index (χ0n) is 12.9. The summed E-state index contributed by atoms with van der Waals surface area (Å²) in [6, 6.07) is 10.0. The first-order chi connectivity index (χ1) is 11.4. The molecule has 3 aromatic rings. The zero-order chi connectivity index (χ0) is 17.3. The fourth-order valence-electron chi connectivity index (χ4n) is 2.21. The molecule has 122 valence electrons. The van der Waals surface area contributed by atoms with Gasteiger partial charge in [-0.3, -0.25) is 10.1 Å². The molecule has 0 saturated heterocycles. The van der Waals surface area contributed by atoms with Crippen LogP contribution in [0.3, 0.4) is 0 Å². The van der Waals surface area contributed by atoms with E-state index in [0.29, 0.717) is 33.7 Å². The normalized spacial score (nSPS) is 10.6. The SMILES string of the molecule is Cc1cc([N+](=O)[O-])c(C)cc1Oc1ccn(-c2cccc(Cl)n2)n1. The Hall–Kier alpha value is -2.93. The lowest BCUT2D eigenvalue weighted by Gasteiger charge is -2.07. The van der Waals surface area contributed by atoms with Crippen molar-refractivity contribution in [1.82, 2.24) is 14.8 Å². The second-order valence-electron chi connectivity index (χ2n) is 5.18. The summed E-state index contributed by atoms with van der Waals surface area (Å²) in [6.45, 7) is 3.41. The van der Waals surface area contributed by atoms with E-state index >= 15 is 0 Å². The standard InChI is InChI=1S/C16H13ClN4O3/c1-10-9-13(11(2)8-12(10)21(22)23)24-16-6-7-20(19-16)15-5-3-4-14(17)18-15/h3-9H,1-2H3. The Balaban J connectivity index is 1.88. The maximum Gasteiger partial charge on any atom is 0.272 e. The van der Waals surface area contributed by atoms with Gasteiger partial charge in [-0.2, -0.15) is 0 Å². The third-order valence-corrected chi connectivity index (χ3v) is 3.61. The van der Waals surface area contributed by atoms with Gasteiger partial charge in [-0.05, 0) is 37.6 Å². The Kier molecular flexibility index (Phi) is 4.18. The van der Waals surface area contributed by atoms with E-state index in [4.69, 9.17) is 16.3 Å². The van der Waals surface area contributed by atoms with Crippen LogP contribution in [0.4, 0.5) is 5.69 Å². The molecule has 0 aliphatic heterocycles. The zero-order valence-corrected chi connectivity index (χ0v) is 13.7. The summed E-state index contributed by atoms with van der Waals surface area (Å²) in [4.78, 5) is 14.7. The summed E-state index contributed by atoms with van der Waals surface area (Å²) in [5, 5.41) is 15.6. The van der Waals surface area contributed by atoms with E-state index in [1.807, 2.05) is 0 Å². The maximum atomic E-state index is 11.0. The number of aromatic nitrogens is 3. The molecule has 0 N–H and O–H groups in total. The van der Waals surface area contributed by atoms with Crippen molar-refractivity contribution >= 4 is 17.3 Å². The molecule has 2 aromatic heterocycles. The summed E-state index contributed by atoms with van der Waals surface area (Å²) in [5.41, 5.74) is 1.24. The number of nitrogens with zero attached hydrogens (tertiary/aromatic N) is 4. The highest BCUT2D eigenvalue weighted by atomic mass is 35.5. The third kappa shape index (κ3) is 3.21. The van der Waals surface area contributed by atoms with E-state index in [1.54, 1.807) is 50.4 Å². The van der Waals surface area contributed by atoms with E-state index in [9.17, 15) is 10.1 Å². The number of halogens is 1. The van der Waals surface area contributed by atoms with E-state index in [-0.39, 0.29) is 5.69 Å². The van der Waals surface area contributed by atoms with Crippen LogP contribution in [-0.2, 0) is 0 Å². The van der Waals surface area contributed by atoms with Crippen molar-refractivity contribution < 1.29 is 9.66 Å². The van der Waals surface area contributed by atoms with Crippen LogP contribution in [0.1, 0.15) is 11.1 Å². The van der Waals surface area contributed by atoms with E-state index in [2.05, 4.69) is 10.1 Å². The Morgan fingerprint density at radius 3 is 2.71 bits per heavy atom. The van der Waals surface area contributed by atoms with E-state index < -0.39 is 4.92 Å². The lowest BCUT2D eigenvalue weighted by atomic mass is 10.1. The van der Waals surface area contributed by atoms with Crippen molar-refractivity contribution in [3.63, 3.8) is 0 Å². The van der Waals surface area contributed by atoms with Crippen LogP contribution >= 0.6 is 11.6 Å². The molecule has 7 nitrogen and oxygen atoms in total. The van der Waals surface area contributed by atoms with Gasteiger partial charge in [0.1, 0.15) is 10.9 Å². The number of ether oxygens (including phenoxy) is 1. The van der Waals surface area contributed by atoms with Crippen LogP contribution in [-0.4, -0.2) is 19.7 Å². The fraction of sp³-hybridized carbons (Fsp3) is 0.125. The van der Waals surface area contributed by atoms with Gasteiger partial charge in [-0.25, -0.2) is 9.67 Å². The van der Waals surface area contributed by atoms with E-state index in [0.717, 1.165) is 0 Å². The predicted octanol–water partition coefficient (Wildman–Crippen LogP) is 4.24.